The molecule has 0 aliphatic carbocycles. The molecule has 0 saturated carbocycles. The number of carbonyl (C=O) groups is 1. The highest BCUT2D eigenvalue weighted by Gasteiger charge is 2.19. The molecule has 0 aliphatic heterocycles. The normalized spacial score (nSPS) is 9.88. The first-order valence-electron chi connectivity index (χ1n) is 4.57. The summed E-state index contributed by atoms with van der Waals surface area (Å²) in [5.74, 6) is -1.10. The summed E-state index contributed by atoms with van der Waals surface area (Å²) in [4.78, 5) is 11.4. The van der Waals surface area contributed by atoms with Gasteiger partial charge < -0.3 is 9.47 Å². The Kier molecular flexibility index (Phi) is 3.99. The Morgan fingerprint density at radius 3 is 2.59 bits per heavy atom. The van der Waals surface area contributed by atoms with Crippen LogP contribution in [0.3, 0.4) is 0 Å². The third kappa shape index (κ3) is 2.91. The van der Waals surface area contributed by atoms with Crippen LogP contribution in [0.2, 0.25) is 0 Å². The lowest BCUT2D eigenvalue weighted by molar-refractivity contribution is -0.0508. The Morgan fingerprint density at radius 1 is 1.47 bits per heavy atom. The number of alkyl halides is 2. The monoisotopic (exact) mass is 241 g/mol. The molecule has 0 unspecified atom stereocenters. The number of esters is 1. The van der Waals surface area contributed by atoms with Crippen LogP contribution in [0, 0.1) is 18.3 Å². The fourth-order valence-corrected chi connectivity index (χ4v) is 1.35. The van der Waals surface area contributed by atoms with Gasteiger partial charge in [0.1, 0.15) is 11.3 Å². The summed E-state index contributed by atoms with van der Waals surface area (Å²) >= 11 is 0. The van der Waals surface area contributed by atoms with Crippen molar-refractivity contribution in [2.75, 3.05) is 7.11 Å². The van der Waals surface area contributed by atoms with E-state index in [0.717, 1.165) is 13.2 Å². The van der Waals surface area contributed by atoms with Crippen molar-refractivity contribution < 1.29 is 23.0 Å². The third-order valence-electron chi connectivity index (χ3n) is 2.02. The van der Waals surface area contributed by atoms with E-state index in [4.69, 9.17) is 5.26 Å². The second-order valence-corrected chi connectivity index (χ2v) is 3.15. The third-order valence-corrected chi connectivity index (χ3v) is 2.02. The highest BCUT2D eigenvalue weighted by Crippen LogP contribution is 2.27. The van der Waals surface area contributed by atoms with Crippen molar-refractivity contribution in [3.63, 3.8) is 0 Å². The van der Waals surface area contributed by atoms with E-state index in [9.17, 15) is 13.6 Å². The lowest BCUT2D eigenvalue weighted by atomic mass is 10.1. The lowest BCUT2D eigenvalue weighted by Crippen LogP contribution is -2.11. The molecular weight excluding hydrogens is 232 g/mol. The standard InChI is InChI=1S/C11H9F2NO3/c1-6-3-7(5-14)4-8(10(15)16-2)9(6)17-11(12)13/h3-4,11H,1-2H3. The van der Waals surface area contributed by atoms with Crippen molar-refractivity contribution in [2.24, 2.45) is 0 Å². The summed E-state index contributed by atoms with van der Waals surface area (Å²) in [5.41, 5.74) is 0.249. The maximum absolute atomic E-state index is 12.2. The molecule has 0 fully saturated rings. The van der Waals surface area contributed by atoms with Gasteiger partial charge in [0.15, 0.2) is 0 Å². The first-order valence-corrected chi connectivity index (χ1v) is 4.57. The van der Waals surface area contributed by atoms with Gasteiger partial charge in [0.25, 0.3) is 0 Å². The summed E-state index contributed by atoms with van der Waals surface area (Å²) in [6, 6.07) is 4.32. The summed E-state index contributed by atoms with van der Waals surface area (Å²) in [7, 11) is 1.11. The van der Waals surface area contributed by atoms with Gasteiger partial charge in [-0.1, -0.05) is 0 Å². The minimum atomic E-state index is -3.05. The molecule has 1 aromatic rings. The number of nitriles is 1. The first-order chi connectivity index (χ1) is 7.99. The smallest absolute Gasteiger partial charge is 0.387 e. The number of ether oxygens (including phenoxy) is 2. The Labute approximate surface area is 96.4 Å². The fraction of sp³-hybridized carbons (Fsp3) is 0.273. The molecule has 4 nitrogen and oxygen atoms in total. The summed E-state index contributed by atoms with van der Waals surface area (Å²) in [5, 5.41) is 8.72. The van der Waals surface area contributed by atoms with Gasteiger partial charge in [0.05, 0.1) is 18.7 Å². The van der Waals surface area contributed by atoms with E-state index >= 15 is 0 Å². The van der Waals surface area contributed by atoms with Crippen molar-refractivity contribution in [1.82, 2.24) is 0 Å². The molecule has 0 N–H and O–H groups in total. The van der Waals surface area contributed by atoms with Gasteiger partial charge in [-0.25, -0.2) is 4.79 Å². The van der Waals surface area contributed by atoms with Crippen LogP contribution in [-0.4, -0.2) is 19.7 Å². The number of hydrogen-bond donors (Lipinski definition) is 0. The summed E-state index contributed by atoms with van der Waals surface area (Å²) in [6.45, 7) is -1.59. The Hall–Kier alpha value is -2.16. The van der Waals surface area contributed by atoms with E-state index in [1.807, 2.05) is 6.07 Å². The van der Waals surface area contributed by atoms with E-state index in [0.29, 0.717) is 0 Å². The Bertz CT molecular complexity index is 480. The van der Waals surface area contributed by atoms with Gasteiger partial charge >= 0.3 is 12.6 Å². The van der Waals surface area contributed by atoms with Crippen molar-refractivity contribution in [2.45, 2.75) is 13.5 Å². The highest BCUT2D eigenvalue weighted by atomic mass is 19.3. The molecule has 6 heteroatoms. The SMILES string of the molecule is COC(=O)c1cc(C#N)cc(C)c1OC(F)F. The van der Waals surface area contributed by atoms with Crippen LogP contribution in [0.25, 0.3) is 0 Å². The van der Waals surface area contributed by atoms with Crippen molar-refractivity contribution in [3.8, 4) is 11.8 Å². The van der Waals surface area contributed by atoms with Gasteiger partial charge in [0, 0.05) is 0 Å². The predicted octanol–water partition coefficient (Wildman–Crippen LogP) is 2.25. The quantitative estimate of drug-likeness (QED) is 0.761. The van der Waals surface area contributed by atoms with Crippen molar-refractivity contribution in [1.29, 1.82) is 5.26 Å². The molecule has 0 atom stereocenters. The minimum Gasteiger partial charge on any atom is -0.465 e. The number of benzene rings is 1. The van der Waals surface area contributed by atoms with E-state index in [1.54, 1.807) is 0 Å². The van der Waals surface area contributed by atoms with Gasteiger partial charge in [-0.05, 0) is 24.6 Å². The second kappa shape index (κ2) is 5.25. The lowest BCUT2D eigenvalue weighted by Gasteiger charge is -2.12. The topological polar surface area (TPSA) is 59.3 Å². The zero-order valence-corrected chi connectivity index (χ0v) is 9.16. The molecule has 0 aromatic heterocycles. The van der Waals surface area contributed by atoms with Crippen LogP contribution >= 0.6 is 0 Å². The number of aryl methyl sites for hydroxylation is 1. The first kappa shape index (κ1) is 12.9. The van der Waals surface area contributed by atoms with Gasteiger partial charge in [0.2, 0.25) is 0 Å². The number of hydrogen-bond acceptors (Lipinski definition) is 4. The van der Waals surface area contributed by atoms with Crippen molar-refractivity contribution in [3.05, 3.63) is 28.8 Å². The molecule has 0 radical (unpaired) electrons. The van der Waals surface area contributed by atoms with Crippen LogP contribution in [0.5, 0.6) is 5.75 Å². The molecule has 0 heterocycles. The molecule has 17 heavy (non-hydrogen) atoms. The molecule has 90 valence electrons. The number of methoxy groups -OCH3 is 1. The van der Waals surface area contributed by atoms with Gasteiger partial charge in [-0.3, -0.25) is 0 Å². The van der Waals surface area contributed by atoms with E-state index in [2.05, 4.69) is 9.47 Å². The van der Waals surface area contributed by atoms with Crippen LogP contribution < -0.4 is 4.74 Å². The largest absolute Gasteiger partial charge is 0.465 e. The van der Waals surface area contributed by atoms with E-state index in [-0.39, 0.29) is 22.4 Å². The van der Waals surface area contributed by atoms with E-state index in [1.165, 1.54) is 13.0 Å². The number of rotatable bonds is 3. The molecule has 0 saturated heterocycles. The maximum Gasteiger partial charge on any atom is 0.387 e. The average molecular weight is 241 g/mol. The highest BCUT2D eigenvalue weighted by molar-refractivity contribution is 5.93. The zero-order chi connectivity index (χ0) is 13.0. The Morgan fingerprint density at radius 2 is 2.12 bits per heavy atom. The van der Waals surface area contributed by atoms with Gasteiger partial charge in [-0.2, -0.15) is 14.0 Å². The molecule has 0 amide bonds. The number of nitrogens with zero attached hydrogens (tertiary/aromatic N) is 1. The van der Waals surface area contributed by atoms with Crippen LogP contribution in [0.4, 0.5) is 8.78 Å². The molecule has 1 aromatic carbocycles. The molecule has 0 aliphatic rings. The molecular formula is C11H9F2NO3. The van der Waals surface area contributed by atoms with Crippen molar-refractivity contribution >= 4 is 5.97 Å². The molecule has 0 bridgehead atoms. The minimum absolute atomic E-state index is 0.171. The molecule has 0 spiro atoms. The van der Waals surface area contributed by atoms with Crippen LogP contribution in [0.1, 0.15) is 21.5 Å². The Balaban J connectivity index is 3.35. The number of carbonyl (C=O) groups excluding carboxylic acids is 1. The summed E-state index contributed by atoms with van der Waals surface area (Å²) < 4.78 is 33.1. The summed E-state index contributed by atoms with van der Waals surface area (Å²) in [6.07, 6.45) is 0. The van der Waals surface area contributed by atoms with Gasteiger partial charge in [-0.15, -0.1) is 0 Å². The predicted molar refractivity (Wildman–Crippen MR) is 53.9 cm³/mol. The second-order valence-electron chi connectivity index (χ2n) is 3.15. The fourth-order valence-electron chi connectivity index (χ4n) is 1.35. The maximum atomic E-state index is 12.2. The van der Waals surface area contributed by atoms with Crippen LogP contribution in [-0.2, 0) is 4.74 Å². The average Bonchev–Trinajstić information content (AvgIpc) is 2.29. The van der Waals surface area contributed by atoms with E-state index < -0.39 is 12.6 Å². The zero-order valence-electron chi connectivity index (χ0n) is 9.16. The molecule has 1 rings (SSSR count). The van der Waals surface area contributed by atoms with Crippen LogP contribution in [0.15, 0.2) is 12.1 Å². The number of halogens is 2.